The van der Waals surface area contributed by atoms with Crippen LogP contribution in [0.15, 0.2) is 22.7 Å². The number of rotatable bonds is 7. The van der Waals surface area contributed by atoms with Crippen molar-refractivity contribution in [3.63, 3.8) is 0 Å². The second-order valence-corrected chi connectivity index (χ2v) is 9.60. The number of carbonyl (C=O) groups excluding carboxylic acids is 2. The molecule has 0 radical (unpaired) electrons. The van der Waals surface area contributed by atoms with Gasteiger partial charge in [0, 0.05) is 23.0 Å². The maximum atomic E-state index is 13.4. The lowest BCUT2D eigenvalue weighted by molar-refractivity contribution is -0.134. The number of halogens is 1. The van der Waals surface area contributed by atoms with Crippen molar-refractivity contribution in [1.29, 1.82) is 0 Å². The van der Waals surface area contributed by atoms with Crippen LogP contribution in [0, 0.1) is 0 Å². The van der Waals surface area contributed by atoms with E-state index in [9.17, 15) is 9.59 Å². The Morgan fingerprint density at radius 1 is 1.18 bits per heavy atom. The lowest BCUT2D eigenvalue weighted by Gasteiger charge is -2.42. The maximum Gasteiger partial charge on any atom is 0.325 e. The van der Waals surface area contributed by atoms with Crippen molar-refractivity contribution in [2.45, 2.75) is 57.1 Å². The van der Waals surface area contributed by atoms with Crippen molar-refractivity contribution in [2.75, 3.05) is 27.2 Å². The van der Waals surface area contributed by atoms with E-state index in [1.54, 1.807) is 0 Å². The highest BCUT2D eigenvalue weighted by Crippen LogP contribution is 2.47. The molecule has 0 aliphatic carbocycles. The summed E-state index contributed by atoms with van der Waals surface area (Å²) in [4.78, 5) is 29.7. The molecule has 2 heterocycles. The number of nitrogens with zero attached hydrogens (tertiary/aromatic N) is 2. The Hall–Kier alpha value is -1.60. The van der Waals surface area contributed by atoms with Crippen LogP contribution in [-0.4, -0.2) is 54.5 Å². The van der Waals surface area contributed by atoms with Crippen LogP contribution in [0.2, 0.25) is 0 Å². The third kappa shape index (κ3) is 4.20. The predicted molar refractivity (Wildman–Crippen MR) is 112 cm³/mol. The fourth-order valence-corrected chi connectivity index (χ4v) is 4.54. The number of unbranched alkanes of at least 4 members (excludes halogenated alkanes) is 3. The summed E-state index contributed by atoms with van der Waals surface area (Å²) < 4.78 is 6.93. The van der Waals surface area contributed by atoms with Gasteiger partial charge in [0.1, 0.15) is 11.4 Å². The molecule has 2 aliphatic rings. The molecule has 0 aromatic heterocycles. The topological polar surface area (TPSA) is 61.9 Å². The lowest BCUT2D eigenvalue weighted by atomic mass is 9.77. The van der Waals surface area contributed by atoms with Gasteiger partial charge in [-0.25, -0.2) is 4.79 Å². The normalized spacial score (nSPS) is 23.1. The van der Waals surface area contributed by atoms with Crippen molar-refractivity contribution in [2.24, 2.45) is 0 Å². The first-order valence-electron chi connectivity index (χ1n) is 9.92. The summed E-state index contributed by atoms with van der Waals surface area (Å²) in [5.41, 5.74) is -0.873. The van der Waals surface area contributed by atoms with E-state index in [2.05, 4.69) is 40.2 Å². The van der Waals surface area contributed by atoms with E-state index >= 15 is 0 Å². The Labute approximate surface area is 175 Å². The molecule has 154 valence electrons. The lowest BCUT2D eigenvalue weighted by Crippen LogP contribution is -2.53. The molecule has 3 amide bonds. The van der Waals surface area contributed by atoms with Crippen LogP contribution in [0.4, 0.5) is 4.79 Å². The number of fused-ring (bicyclic) bond motifs is 2. The second-order valence-electron chi connectivity index (χ2n) is 8.69. The number of amides is 3. The molecule has 1 atom stereocenters. The van der Waals surface area contributed by atoms with Crippen LogP contribution < -0.4 is 10.1 Å². The molecule has 0 unspecified atom stereocenters. The molecule has 0 bridgehead atoms. The van der Waals surface area contributed by atoms with Crippen LogP contribution in [-0.2, 0) is 10.3 Å². The quantitative estimate of drug-likeness (QED) is 0.504. The minimum atomic E-state index is -1.05. The second kappa shape index (κ2) is 8.03. The fraction of sp³-hybridized carbons (Fsp3) is 0.619. The standard InChI is InChI=1S/C21H30BrN3O3/c1-20(2)14-21(16-13-15(22)9-10-17(16)28-20)18(26)25(19(27)23-21)12-8-6-5-7-11-24(3)4/h9-10,13H,5-8,11-12,14H2,1-4H3,(H,23,27)/t21-/m1/s1. The molecular weight excluding hydrogens is 422 g/mol. The van der Waals surface area contributed by atoms with E-state index in [0.717, 1.165) is 42.3 Å². The molecule has 28 heavy (non-hydrogen) atoms. The minimum Gasteiger partial charge on any atom is -0.487 e. The Kier molecular flexibility index (Phi) is 6.05. The number of ether oxygens (including phenoxy) is 1. The zero-order chi connectivity index (χ0) is 20.5. The molecule has 1 aromatic carbocycles. The van der Waals surface area contributed by atoms with Crippen LogP contribution in [0.5, 0.6) is 5.75 Å². The van der Waals surface area contributed by atoms with E-state index < -0.39 is 11.1 Å². The molecule has 3 rings (SSSR count). The highest BCUT2D eigenvalue weighted by molar-refractivity contribution is 9.10. The van der Waals surface area contributed by atoms with Gasteiger partial charge in [0.25, 0.3) is 5.91 Å². The zero-order valence-corrected chi connectivity index (χ0v) is 18.8. The number of hydrogen-bond donors (Lipinski definition) is 1. The Morgan fingerprint density at radius 2 is 1.89 bits per heavy atom. The van der Waals surface area contributed by atoms with Crippen LogP contribution in [0.1, 0.15) is 51.5 Å². The van der Waals surface area contributed by atoms with Gasteiger partial charge in [0.15, 0.2) is 5.54 Å². The van der Waals surface area contributed by atoms with Gasteiger partial charge in [-0.15, -0.1) is 0 Å². The van der Waals surface area contributed by atoms with Crippen LogP contribution >= 0.6 is 15.9 Å². The number of nitrogens with one attached hydrogen (secondary N) is 1. The number of imide groups is 1. The van der Waals surface area contributed by atoms with Gasteiger partial charge in [-0.3, -0.25) is 9.69 Å². The Balaban J connectivity index is 1.74. The van der Waals surface area contributed by atoms with E-state index in [1.807, 2.05) is 32.0 Å². The SMILES string of the molecule is CN(C)CCCCCCN1C(=O)N[C@@]2(CC(C)(C)Oc3ccc(Br)cc32)C1=O. The van der Waals surface area contributed by atoms with E-state index in [-0.39, 0.29) is 11.9 Å². The predicted octanol–water partition coefficient (Wildman–Crippen LogP) is 3.88. The molecule has 1 aromatic rings. The molecule has 0 saturated carbocycles. The molecule has 1 saturated heterocycles. The summed E-state index contributed by atoms with van der Waals surface area (Å²) in [6.45, 7) is 5.42. The van der Waals surface area contributed by atoms with E-state index in [0.29, 0.717) is 18.7 Å². The van der Waals surface area contributed by atoms with Crippen molar-refractivity contribution in [3.05, 3.63) is 28.2 Å². The van der Waals surface area contributed by atoms with E-state index in [1.165, 1.54) is 4.90 Å². The summed E-state index contributed by atoms with van der Waals surface area (Å²) in [6.07, 6.45) is 4.48. The average molecular weight is 452 g/mol. The third-order valence-corrected chi connectivity index (χ3v) is 5.88. The molecular formula is C21H30BrN3O3. The highest BCUT2D eigenvalue weighted by atomic mass is 79.9. The van der Waals surface area contributed by atoms with Crippen molar-refractivity contribution in [1.82, 2.24) is 15.1 Å². The third-order valence-electron chi connectivity index (χ3n) is 5.39. The first-order chi connectivity index (χ1) is 13.1. The fourth-order valence-electron chi connectivity index (χ4n) is 4.18. The number of benzene rings is 1. The zero-order valence-electron chi connectivity index (χ0n) is 17.2. The first-order valence-corrected chi connectivity index (χ1v) is 10.7. The molecule has 7 heteroatoms. The van der Waals surface area contributed by atoms with Gasteiger partial charge < -0.3 is 15.0 Å². The largest absolute Gasteiger partial charge is 0.487 e. The van der Waals surface area contributed by atoms with Gasteiger partial charge in [-0.05, 0) is 65.5 Å². The maximum absolute atomic E-state index is 13.4. The number of carbonyl (C=O) groups is 2. The molecule has 1 fully saturated rings. The number of hydrogen-bond acceptors (Lipinski definition) is 4. The summed E-state index contributed by atoms with van der Waals surface area (Å²) in [7, 11) is 4.14. The summed E-state index contributed by atoms with van der Waals surface area (Å²) in [5, 5.41) is 3.01. The highest BCUT2D eigenvalue weighted by Gasteiger charge is 2.58. The summed E-state index contributed by atoms with van der Waals surface area (Å²) in [5.74, 6) is 0.486. The van der Waals surface area contributed by atoms with Crippen LogP contribution in [0.25, 0.3) is 0 Å². The molecule has 6 nitrogen and oxygen atoms in total. The summed E-state index contributed by atoms with van der Waals surface area (Å²) in [6, 6.07) is 5.32. The minimum absolute atomic E-state index is 0.165. The Morgan fingerprint density at radius 3 is 2.61 bits per heavy atom. The van der Waals surface area contributed by atoms with Crippen LogP contribution in [0.3, 0.4) is 0 Å². The molecule has 1 N–H and O–H groups in total. The van der Waals surface area contributed by atoms with Crippen molar-refractivity contribution < 1.29 is 14.3 Å². The first kappa shape index (κ1) is 21.1. The molecule has 1 spiro atoms. The van der Waals surface area contributed by atoms with Crippen molar-refractivity contribution >= 4 is 27.9 Å². The van der Waals surface area contributed by atoms with Crippen molar-refractivity contribution in [3.8, 4) is 5.75 Å². The summed E-state index contributed by atoms with van der Waals surface area (Å²) >= 11 is 3.48. The average Bonchev–Trinajstić information content (AvgIpc) is 2.82. The smallest absolute Gasteiger partial charge is 0.325 e. The van der Waals surface area contributed by atoms with E-state index in [4.69, 9.17) is 4.74 Å². The number of urea groups is 1. The van der Waals surface area contributed by atoms with Gasteiger partial charge >= 0.3 is 6.03 Å². The molecule has 2 aliphatic heterocycles. The van der Waals surface area contributed by atoms with Gasteiger partial charge in [-0.1, -0.05) is 28.8 Å². The monoisotopic (exact) mass is 451 g/mol. The van der Waals surface area contributed by atoms with Gasteiger partial charge in [0.2, 0.25) is 0 Å². The Bertz CT molecular complexity index is 765. The van der Waals surface area contributed by atoms with Gasteiger partial charge in [-0.2, -0.15) is 0 Å². The van der Waals surface area contributed by atoms with Gasteiger partial charge in [0.05, 0.1) is 0 Å².